The molecule has 0 fully saturated rings. The van der Waals surface area contributed by atoms with E-state index in [0.717, 1.165) is 6.42 Å². The summed E-state index contributed by atoms with van der Waals surface area (Å²) in [5.74, 6) is -2.18. The molecule has 5 N–H and O–H groups in total. The number of nitrogens with one attached hydrogen (secondary N) is 4. The normalized spacial score (nSPS) is 10.7. The topological polar surface area (TPSA) is 120 Å². The van der Waals surface area contributed by atoms with Crippen molar-refractivity contribution in [2.45, 2.75) is 20.3 Å². The van der Waals surface area contributed by atoms with Crippen LogP contribution in [0.5, 0.6) is 0 Å². The van der Waals surface area contributed by atoms with Gasteiger partial charge in [0.05, 0.1) is 6.61 Å². The molecule has 1 aromatic carbocycles. The number of allylic oxidation sites excluding steroid dienone is 1. The quantitative estimate of drug-likeness (QED) is 0.269. The van der Waals surface area contributed by atoms with E-state index in [9.17, 15) is 14.4 Å². The van der Waals surface area contributed by atoms with Crippen LogP contribution in [0.4, 0.5) is 5.69 Å². The number of hydrazine groups is 1. The van der Waals surface area contributed by atoms with Crippen molar-refractivity contribution in [3.8, 4) is 0 Å². The van der Waals surface area contributed by atoms with Gasteiger partial charge in [-0.2, -0.15) is 0 Å². The lowest BCUT2D eigenvalue weighted by atomic mass is 10.1. The van der Waals surface area contributed by atoms with Gasteiger partial charge in [0.25, 0.3) is 0 Å². The van der Waals surface area contributed by atoms with E-state index < -0.39 is 11.8 Å². The van der Waals surface area contributed by atoms with Gasteiger partial charge in [-0.1, -0.05) is 19.1 Å². The summed E-state index contributed by atoms with van der Waals surface area (Å²) < 4.78 is 0. The molecule has 3 amide bonds. The first-order valence-electron chi connectivity index (χ1n) is 7.49. The van der Waals surface area contributed by atoms with E-state index in [-0.39, 0.29) is 19.1 Å². The molecule has 130 valence electrons. The summed E-state index contributed by atoms with van der Waals surface area (Å²) >= 11 is 0. The second-order valence-electron chi connectivity index (χ2n) is 4.93. The van der Waals surface area contributed by atoms with Crippen LogP contribution in [0.3, 0.4) is 0 Å². The molecule has 0 saturated carbocycles. The SMILES string of the molecule is CCc1ccc(NC(=O)C=C(C)NNC(=O)C(=O)NCCO)cc1. The van der Waals surface area contributed by atoms with Crippen LogP contribution in [-0.2, 0) is 20.8 Å². The van der Waals surface area contributed by atoms with E-state index in [0.29, 0.717) is 11.4 Å². The van der Waals surface area contributed by atoms with Crippen LogP contribution in [-0.4, -0.2) is 36.0 Å². The molecule has 0 spiro atoms. The predicted molar refractivity (Wildman–Crippen MR) is 89.6 cm³/mol. The third-order valence-electron chi connectivity index (χ3n) is 2.95. The first kappa shape index (κ1) is 19.2. The van der Waals surface area contributed by atoms with Gasteiger partial charge in [-0.25, -0.2) is 0 Å². The van der Waals surface area contributed by atoms with Crippen LogP contribution in [0.2, 0.25) is 0 Å². The minimum absolute atomic E-state index is 0.0136. The Morgan fingerprint density at radius 1 is 1.08 bits per heavy atom. The number of amides is 3. The van der Waals surface area contributed by atoms with E-state index >= 15 is 0 Å². The summed E-state index contributed by atoms with van der Waals surface area (Å²) in [6, 6.07) is 7.46. The molecule has 0 aliphatic carbocycles. The Morgan fingerprint density at radius 2 is 1.75 bits per heavy atom. The summed E-state index contributed by atoms with van der Waals surface area (Å²) in [5, 5.41) is 13.4. The first-order chi connectivity index (χ1) is 11.5. The minimum Gasteiger partial charge on any atom is -0.395 e. The summed E-state index contributed by atoms with van der Waals surface area (Å²) in [7, 11) is 0. The average molecular weight is 334 g/mol. The van der Waals surface area contributed by atoms with Gasteiger partial charge < -0.3 is 21.2 Å². The second kappa shape index (κ2) is 10.0. The van der Waals surface area contributed by atoms with Gasteiger partial charge in [-0.3, -0.25) is 19.8 Å². The number of aliphatic hydroxyl groups excluding tert-OH is 1. The highest BCUT2D eigenvalue weighted by Crippen LogP contribution is 2.09. The fraction of sp³-hybridized carbons (Fsp3) is 0.312. The number of aryl methyl sites for hydroxylation is 1. The van der Waals surface area contributed by atoms with E-state index in [4.69, 9.17) is 5.11 Å². The second-order valence-corrected chi connectivity index (χ2v) is 4.93. The van der Waals surface area contributed by atoms with Crippen LogP contribution >= 0.6 is 0 Å². The monoisotopic (exact) mass is 334 g/mol. The zero-order chi connectivity index (χ0) is 17.9. The van der Waals surface area contributed by atoms with Gasteiger partial charge in [-0.05, 0) is 31.0 Å². The summed E-state index contributed by atoms with van der Waals surface area (Å²) in [6.07, 6.45) is 2.17. The zero-order valence-corrected chi connectivity index (χ0v) is 13.7. The molecular weight excluding hydrogens is 312 g/mol. The minimum atomic E-state index is -0.924. The molecule has 0 unspecified atom stereocenters. The van der Waals surface area contributed by atoms with Gasteiger partial charge in [0, 0.05) is 24.0 Å². The highest BCUT2D eigenvalue weighted by atomic mass is 16.3. The standard InChI is InChI=1S/C16H22N4O4/c1-3-12-4-6-13(7-5-12)18-14(22)10-11(2)19-20-16(24)15(23)17-8-9-21/h4-7,10,19,21H,3,8-9H2,1-2H3,(H,17,23)(H,18,22)(H,20,24). The van der Waals surface area contributed by atoms with Crippen molar-refractivity contribution in [2.75, 3.05) is 18.5 Å². The number of rotatable bonds is 7. The highest BCUT2D eigenvalue weighted by Gasteiger charge is 2.11. The molecule has 0 atom stereocenters. The Morgan fingerprint density at radius 3 is 2.33 bits per heavy atom. The van der Waals surface area contributed by atoms with Crippen LogP contribution in [0, 0.1) is 0 Å². The molecule has 0 saturated heterocycles. The first-order valence-corrected chi connectivity index (χ1v) is 7.49. The zero-order valence-electron chi connectivity index (χ0n) is 13.7. The van der Waals surface area contributed by atoms with Crippen molar-refractivity contribution < 1.29 is 19.5 Å². The molecular formula is C16H22N4O4. The Bertz CT molecular complexity index is 611. The lowest BCUT2D eigenvalue weighted by molar-refractivity contribution is -0.139. The van der Waals surface area contributed by atoms with Crippen molar-refractivity contribution in [1.82, 2.24) is 16.2 Å². The molecule has 1 rings (SSSR count). The van der Waals surface area contributed by atoms with Crippen LogP contribution < -0.4 is 21.5 Å². The summed E-state index contributed by atoms with van der Waals surface area (Å²) in [6.45, 7) is 3.33. The van der Waals surface area contributed by atoms with Crippen LogP contribution in [0.1, 0.15) is 19.4 Å². The van der Waals surface area contributed by atoms with Gasteiger partial charge in [-0.15, -0.1) is 0 Å². The molecule has 0 radical (unpaired) electrons. The number of carbonyl (C=O) groups is 3. The van der Waals surface area contributed by atoms with Crippen LogP contribution in [0.25, 0.3) is 0 Å². The van der Waals surface area contributed by atoms with E-state index in [1.165, 1.54) is 11.6 Å². The molecule has 0 aliphatic rings. The number of anilines is 1. The fourth-order valence-electron chi connectivity index (χ4n) is 1.70. The molecule has 8 nitrogen and oxygen atoms in total. The summed E-state index contributed by atoms with van der Waals surface area (Å²) in [5.41, 5.74) is 6.78. The van der Waals surface area contributed by atoms with Gasteiger partial charge in [0.2, 0.25) is 5.91 Å². The predicted octanol–water partition coefficient (Wildman–Crippen LogP) is -0.179. The van der Waals surface area contributed by atoms with Crippen molar-refractivity contribution in [1.29, 1.82) is 0 Å². The van der Waals surface area contributed by atoms with Gasteiger partial charge >= 0.3 is 11.8 Å². The molecule has 0 heterocycles. The molecule has 0 aliphatic heterocycles. The van der Waals surface area contributed by atoms with Crippen molar-refractivity contribution in [3.63, 3.8) is 0 Å². The van der Waals surface area contributed by atoms with E-state index in [1.54, 1.807) is 19.1 Å². The van der Waals surface area contributed by atoms with Crippen LogP contribution in [0.15, 0.2) is 36.0 Å². The molecule has 24 heavy (non-hydrogen) atoms. The number of aliphatic hydroxyl groups is 1. The van der Waals surface area contributed by atoms with Crippen molar-refractivity contribution >= 4 is 23.4 Å². The Balaban J connectivity index is 2.45. The third-order valence-corrected chi connectivity index (χ3v) is 2.95. The van der Waals surface area contributed by atoms with Gasteiger partial charge in [0.15, 0.2) is 0 Å². The van der Waals surface area contributed by atoms with Crippen molar-refractivity contribution in [2.24, 2.45) is 0 Å². The average Bonchev–Trinajstić information content (AvgIpc) is 2.58. The Hall–Kier alpha value is -2.87. The van der Waals surface area contributed by atoms with Crippen molar-refractivity contribution in [3.05, 3.63) is 41.6 Å². The maximum Gasteiger partial charge on any atom is 0.327 e. The molecule has 8 heteroatoms. The maximum absolute atomic E-state index is 11.8. The maximum atomic E-state index is 11.8. The molecule has 1 aromatic rings. The largest absolute Gasteiger partial charge is 0.395 e. The molecule has 0 aromatic heterocycles. The highest BCUT2D eigenvalue weighted by molar-refractivity contribution is 6.34. The molecule has 0 bridgehead atoms. The Kier molecular flexibility index (Phi) is 8.00. The van der Waals surface area contributed by atoms with E-state index in [1.807, 2.05) is 19.1 Å². The third kappa shape index (κ3) is 6.93. The lowest BCUT2D eigenvalue weighted by Crippen LogP contribution is -2.46. The smallest absolute Gasteiger partial charge is 0.327 e. The number of benzene rings is 1. The summed E-state index contributed by atoms with van der Waals surface area (Å²) in [4.78, 5) is 34.5. The number of carbonyl (C=O) groups excluding carboxylic acids is 3. The fourth-order valence-corrected chi connectivity index (χ4v) is 1.70. The van der Waals surface area contributed by atoms with Gasteiger partial charge in [0.1, 0.15) is 0 Å². The number of hydrogen-bond acceptors (Lipinski definition) is 5. The van der Waals surface area contributed by atoms with E-state index in [2.05, 4.69) is 21.5 Å². The Labute approximate surface area is 140 Å². The number of hydrogen-bond donors (Lipinski definition) is 5. The lowest BCUT2D eigenvalue weighted by Gasteiger charge is -2.09.